The van der Waals surface area contributed by atoms with Crippen LogP contribution in [0.1, 0.15) is 98.8 Å². The molecule has 3 N–H and O–H groups in total. The zero-order valence-corrected chi connectivity index (χ0v) is 30.2. The standard InChI is InChI=1S/C41H55ClN2O6/c42-38-18-10-9-17-37(38)41(35-15-7-4-8-16-35,36-21-19-34(20-22-36)33-13-5-2-1-3-6-14-33)50-40(46)24-23-39(45)44-26-12-28-48-30-32-49-31-29-47-27-11-25-43/h4,7-10,15-22,33H,1-3,5-6,11-14,23-32,43H2,(H,44,45). The van der Waals surface area contributed by atoms with E-state index in [4.69, 9.17) is 36.3 Å². The molecule has 1 aliphatic carbocycles. The minimum atomic E-state index is -1.30. The molecule has 1 unspecified atom stereocenters. The summed E-state index contributed by atoms with van der Waals surface area (Å²) in [6.45, 7) is 4.23. The van der Waals surface area contributed by atoms with Crippen molar-refractivity contribution < 1.29 is 28.5 Å². The third-order valence-electron chi connectivity index (χ3n) is 9.17. The van der Waals surface area contributed by atoms with Gasteiger partial charge < -0.3 is 30.0 Å². The number of ether oxygens (including phenoxy) is 4. The number of halogens is 1. The number of rotatable bonds is 21. The molecule has 0 aliphatic heterocycles. The van der Waals surface area contributed by atoms with Crippen molar-refractivity contribution in [2.45, 2.75) is 82.1 Å². The Morgan fingerprint density at radius 2 is 1.28 bits per heavy atom. The van der Waals surface area contributed by atoms with E-state index in [0.29, 0.717) is 75.7 Å². The summed E-state index contributed by atoms with van der Waals surface area (Å²) in [6.07, 6.45) is 10.2. The number of amides is 1. The molecule has 272 valence electrons. The van der Waals surface area contributed by atoms with Gasteiger partial charge in [0.05, 0.1) is 32.8 Å². The molecule has 0 heterocycles. The number of benzene rings is 3. The van der Waals surface area contributed by atoms with Crippen LogP contribution in [0.4, 0.5) is 0 Å². The number of nitrogens with two attached hydrogens (primary N) is 1. The highest BCUT2D eigenvalue weighted by atomic mass is 35.5. The zero-order chi connectivity index (χ0) is 35.3. The van der Waals surface area contributed by atoms with Crippen LogP contribution >= 0.6 is 11.6 Å². The van der Waals surface area contributed by atoms with Crippen molar-refractivity contribution in [3.8, 4) is 0 Å². The van der Waals surface area contributed by atoms with Crippen LogP contribution in [0.3, 0.4) is 0 Å². The van der Waals surface area contributed by atoms with Gasteiger partial charge in [0.1, 0.15) is 0 Å². The molecule has 4 rings (SSSR count). The maximum Gasteiger partial charge on any atom is 0.307 e. The molecule has 9 heteroatoms. The first kappa shape index (κ1) is 39.5. The van der Waals surface area contributed by atoms with Gasteiger partial charge in [0, 0.05) is 47.9 Å². The van der Waals surface area contributed by atoms with Crippen LogP contribution in [0, 0.1) is 0 Å². The van der Waals surface area contributed by atoms with Crippen LogP contribution in [0.2, 0.25) is 5.02 Å². The third kappa shape index (κ3) is 12.5. The monoisotopic (exact) mass is 706 g/mol. The van der Waals surface area contributed by atoms with Crippen LogP contribution in [-0.4, -0.2) is 64.6 Å². The molecule has 0 spiro atoms. The Kier molecular flexibility index (Phi) is 17.8. The number of esters is 1. The van der Waals surface area contributed by atoms with E-state index in [9.17, 15) is 9.59 Å². The number of hydrogen-bond donors (Lipinski definition) is 2. The van der Waals surface area contributed by atoms with Crippen molar-refractivity contribution in [3.05, 3.63) is 106 Å². The van der Waals surface area contributed by atoms with Gasteiger partial charge >= 0.3 is 5.97 Å². The minimum Gasteiger partial charge on any atom is -0.444 e. The number of hydrogen-bond acceptors (Lipinski definition) is 7. The summed E-state index contributed by atoms with van der Waals surface area (Å²) in [7, 11) is 0. The lowest BCUT2D eigenvalue weighted by molar-refractivity contribution is -0.154. The van der Waals surface area contributed by atoms with Crippen LogP contribution in [0.15, 0.2) is 78.9 Å². The lowest BCUT2D eigenvalue weighted by Crippen LogP contribution is -2.36. The molecule has 1 fully saturated rings. The summed E-state index contributed by atoms with van der Waals surface area (Å²) in [6, 6.07) is 25.8. The quantitative estimate of drug-likeness (QED) is 0.0664. The van der Waals surface area contributed by atoms with Crippen molar-refractivity contribution in [1.82, 2.24) is 5.32 Å². The van der Waals surface area contributed by atoms with Gasteiger partial charge in [-0.1, -0.05) is 117 Å². The minimum absolute atomic E-state index is 0.00882. The van der Waals surface area contributed by atoms with Crippen LogP contribution < -0.4 is 11.1 Å². The van der Waals surface area contributed by atoms with Gasteiger partial charge in [-0.15, -0.1) is 0 Å². The van der Waals surface area contributed by atoms with E-state index in [-0.39, 0.29) is 18.7 Å². The maximum absolute atomic E-state index is 13.7. The first-order valence-electron chi connectivity index (χ1n) is 18.4. The van der Waals surface area contributed by atoms with Crippen molar-refractivity contribution in [1.29, 1.82) is 0 Å². The molecular formula is C41H55ClN2O6. The van der Waals surface area contributed by atoms with Crippen LogP contribution in [0.5, 0.6) is 0 Å². The van der Waals surface area contributed by atoms with Gasteiger partial charge in [-0.3, -0.25) is 9.59 Å². The highest BCUT2D eigenvalue weighted by Crippen LogP contribution is 2.44. The third-order valence-corrected chi connectivity index (χ3v) is 9.50. The van der Waals surface area contributed by atoms with E-state index in [0.717, 1.165) is 17.5 Å². The maximum atomic E-state index is 13.7. The highest BCUT2D eigenvalue weighted by Gasteiger charge is 2.42. The molecule has 0 radical (unpaired) electrons. The van der Waals surface area contributed by atoms with Gasteiger partial charge in [0.2, 0.25) is 5.91 Å². The largest absolute Gasteiger partial charge is 0.444 e. The fourth-order valence-corrected chi connectivity index (χ4v) is 6.77. The predicted molar refractivity (Wildman–Crippen MR) is 198 cm³/mol. The zero-order valence-electron chi connectivity index (χ0n) is 29.4. The Morgan fingerprint density at radius 3 is 1.94 bits per heavy atom. The second-order valence-corrected chi connectivity index (χ2v) is 13.3. The summed E-state index contributed by atoms with van der Waals surface area (Å²) < 4.78 is 23.0. The van der Waals surface area contributed by atoms with Gasteiger partial charge in [0.25, 0.3) is 0 Å². The van der Waals surface area contributed by atoms with Crippen molar-refractivity contribution in [3.63, 3.8) is 0 Å². The van der Waals surface area contributed by atoms with Gasteiger partial charge in [-0.25, -0.2) is 0 Å². The lowest BCUT2D eigenvalue weighted by Gasteiger charge is -2.36. The summed E-state index contributed by atoms with van der Waals surface area (Å²) in [5.41, 5.74) is 7.72. The Balaban J connectivity index is 1.35. The molecule has 0 aromatic heterocycles. The van der Waals surface area contributed by atoms with Crippen LogP contribution in [-0.2, 0) is 34.1 Å². The summed E-state index contributed by atoms with van der Waals surface area (Å²) in [5.74, 6) is -0.174. The smallest absolute Gasteiger partial charge is 0.307 e. The summed E-state index contributed by atoms with van der Waals surface area (Å²) >= 11 is 6.87. The van der Waals surface area contributed by atoms with E-state index >= 15 is 0 Å². The Hall–Kier alpha value is -3.27. The molecule has 0 saturated heterocycles. The first-order chi connectivity index (χ1) is 24.5. The van der Waals surface area contributed by atoms with Crippen molar-refractivity contribution in [2.75, 3.05) is 52.7 Å². The molecule has 1 atom stereocenters. The molecular weight excluding hydrogens is 652 g/mol. The lowest BCUT2D eigenvalue weighted by atomic mass is 9.78. The highest BCUT2D eigenvalue weighted by molar-refractivity contribution is 6.31. The average Bonchev–Trinajstić information content (AvgIpc) is 3.12. The number of nitrogens with one attached hydrogen (secondary N) is 1. The molecule has 8 nitrogen and oxygen atoms in total. The van der Waals surface area contributed by atoms with Gasteiger partial charge in [-0.05, 0) is 49.8 Å². The number of carbonyl (C=O) groups excluding carboxylic acids is 2. The molecule has 1 saturated carbocycles. The Morgan fingerprint density at radius 1 is 0.700 bits per heavy atom. The summed E-state index contributed by atoms with van der Waals surface area (Å²) in [5, 5.41) is 3.37. The van der Waals surface area contributed by atoms with Gasteiger partial charge in [-0.2, -0.15) is 0 Å². The molecule has 1 amide bonds. The fourth-order valence-electron chi connectivity index (χ4n) is 6.50. The Labute approximate surface area is 303 Å². The average molecular weight is 707 g/mol. The first-order valence-corrected chi connectivity index (χ1v) is 18.7. The second-order valence-electron chi connectivity index (χ2n) is 12.8. The SMILES string of the molecule is NCCCOCCOCCOCCCNC(=O)CCC(=O)OC(c1ccccc1)(c1ccc(C2CCCCCCC2)cc1)c1ccccc1Cl. The normalized spacial score (nSPS) is 15.1. The van der Waals surface area contributed by atoms with Crippen molar-refractivity contribution >= 4 is 23.5 Å². The van der Waals surface area contributed by atoms with E-state index in [1.807, 2.05) is 54.6 Å². The topological polar surface area (TPSA) is 109 Å². The number of carbonyl (C=O) groups is 2. The molecule has 3 aromatic carbocycles. The molecule has 0 bridgehead atoms. The van der Waals surface area contributed by atoms with E-state index in [1.54, 1.807) is 0 Å². The van der Waals surface area contributed by atoms with E-state index in [2.05, 4.69) is 29.6 Å². The second kappa shape index (κ2) is 22.5. The molecule has 1 aliphatic rings. The fraction of sp³-hybridized carbons (Fsp3) is 0.512. The van der Waals surface area contributed by atoms with Crippen LogP contribution in [0.25, 0.3) is 0 Å². The predicted octanol–water partition coefficient (Wildman–Crippen LogP) is 7.69. The Bertz CT molecular complexity index is 1400. The van der Waals surface area contributed by atoms with E-state index in [1.165, 1.54) is 50.5 Å². The van der Waals surface area contributed by atoms with Gasteiger partial charge in [0.15, 0.2) is 5.60 Å². The van der Waals surface area contributed by atoms with E-state index < -0.39 is 11.6 Å². The van der Waals surface area contributed by atoms with Crippen molar-refractivity contribution in [2.24, 2.45) is 5.73 Å². The molecule has 3 aromatic rings. The summed E-state index contributed by atoms with van der Waals surface area (Å²) in [4.78, 5) is 26.4. The molecule has 50 heavy (non-hydrogen) atoms.